The summed E-state index contributed by atoms with van der Waals surface area (Å²) >= 11 is 0. The summed E-state index contributed by atoms with van der Waals surface area (Å²) in [6, 6.07) is 0. The van der Waals surface area contributed by atoms with E-state index in [4.69, 9.17) is 9.84 Å². The van der Waals surface area contributed by atoms with Gasteiger partial charge in [-0.25, -0.2) is 0 Å². The van der Waals surface area contributed by atoms with Crippen LogP contribution in [-0.2, 0) is 14.3 Å². The van der Waals surface area contributed by atoms with Crippen molar-refractivity contribution in [3.05, 3.63) is 0 Å². The number of carbonyl (C=O) groups is 2. The van der Waals surface area contributed by atoms with Crippen molar-refractivity contribution in [1.29, 1.82) is 0 Å². The van der Waals surface area contributed by atoms with Crippen LogP contribution in [0.3, 0.4) is 0 Å². The van der Waals surface area contributed by atoms with Crippen molar-refractivity contribution < 1.29 is 19.4 Å². The number of rotatable bonds is 7. The maximum atomic E-state index is 12.1. The number of hydrogen-bond acceptors (Lipinski definition) is 4. The third-order valence-corrected chi connectivity index (χ3v) is 4.58. The molecule has 1 amide bonds. The highest BCUT2D eigenvalue weighted by Crippen LogP contribution is 2.43. The quantitative estimate of drug-likeness (QED) is 0.733. The van der Waals surface area contributed by atoms with Gasteiger partial charge in [-0.2, -0.15) is 0 Å². The second-order valence-electron chi connectivity index (χ2n) is 6.26. The molecule has 0 aromatic carbocycles. The smallest absolute Gasteiger partial charge is 0.303 e. The second-order valence-corrected chi connectivity index (χ2v) is 6.26. The zero-order valence-corrected chi connectivity index (χ0v) is 13.8. The van der Waals surface area contributed by atoms with Gasteiger partial charge in [-0.3, -0.25) is 14.5 Å². The summed E-state index contributed by atoms with van der Waals surface area (Å²) in [6.07, 6.45) is 4.25. The van der Waals surface area contributed by atoms with Gasteiger partial charge in [0, 0.05) is 32.6 Å². The third kappa shape index (κ3) is 6.10. The molecule has 0 unspecified atom stereocenters. The highest BCUT2D eigenvalue weighted by atomic mass is 35.5. The SMILES string of the molecule is Cl.O=C(O)CC1(CC(=O)NCCN2CCOCC2)CCCC1. The van der Waals surface area contributed by atoms with Gasteiger partial charge in [0.2, 0.25) is 5.91 Å². The Labute approximate surface area is 138 Å². The number of carbonyl (C=O) groups excluding carboxylic acids is 1. The highest BCUT2D eigenvalue weighted by molar-refractivity contribution is 5.85. The molecule has 2 N–H and O–H groups in total. The van der Waals surface area contributed by atoms with Crippen LogP contribution in [0.15, 0.2) is 0 Å². The Morgan fingerprint density at radius 2 is 1.77 bits per heavy atom. The van der Waals surface area contributed by atoms with Crippen molar-refractivity contribution in [3.63, 3.8) is 0 Å². The largest absolute Gasteiger partial charge is 0.481 e. The fraction of sp³-hybridized carbons (Fsp3) is 0.867. The molecule has 1 saturated heterocycles. The van der Waals surface area contributed by atoms with Gasteiger partial charge >= 0.3 is 5.97 Å². The number of nitrogens with one attached hydrogen (secondary N) is 1. The van der Waals surface area contributed by atoms with Crippen LogP contribution in [-0.4, -0.2) is 61.3 Å². The predicted octanol–water partition coefficient (Wildman–Crippen LogP) is 1.28. The average Bonchev–Trinajstić information content (AvgIpc) is 2.87. The number of aliphatic carboxylic acids is 1. The number of hydrogen-bond donors (Lipinski definition) is 2. The third-order valence-electron chi connectivity index (χ3n) is 4.58. The number of halogens is 1. The van der Waals surface area contributed by atoms with Crippen LogP contribution >= 0.6 is 12.4 Å². The van der Waals surface area contributed by atoms with Gasteiger partial charge in [0.1, 0.15) is 0 Å². The lowest BCUT2D eigenvalue weighted by molar-refractivity contribution is -0.140. The monoisotopic (exact) mass is 334 g/mol. The zero-order valence-electron chi connectivity index (χ0n) is 13.0. The Hall–Kier alpha value is -0.850. The standard InChI is InChI=1S/C15H26N2O4.ClH/c18-13(16-5-6-17-7-9-21-10-8-17)11-15(12-14(19)20)3-1-2-4-15;/h1-12H2,(H,16,18)(H,19,20);1H. The first-order valence-corrected chi connectivity index (χ1v) is 7.88. The average molecular weight is 335 g/mol. The van der Waals surface area contributed by atoms with Crippen LogP contribution < -0.4 is 5.32 Å². The van der Waals surface area contributed by atoms with Crippen molar-refractivity contribution in [2.24, 2.45) is 5.41 Å². The molecule has 0 spiro atoms. The van der Waals surface area contributed by atoms with Crippen LogP contribution in [0.2, 0.25) is 0 Å². The van der Waals surface area contributed by atoms with Crippen molar-refractivity contribution >= 4 is 24.3 Å². The van der Waals surface area contributed by atoms with E-state index in [9.17, 15) is 9.59 Å². The van der Waals surface area contributed by atoms with E-state index in [2.05, 4.69) is 10.2 Å². The van der Waals surface area contributed by atoms with E-state index in [-0.39, 0.29) is 30.2 Å². The fourth-order valence-corrected chi connectivity index (χ4v) is 3.44. The first kappa shape index (κ1) is 19.2. The minimum absolute atomic E-state index is 0. The first-order valence-electron chi connectivity index (χ1n) is 7.88. The van der Waals surface area contributed by atoms with Crippen LogP contribution in [0.5, 0.6) is 0 Å². The van der Waals surface area contributed by atoms with Crippen LogP contribution in [0, 0.1) is 5.41 Å². The summed E-state index contributed by atoms with van der Waals surface area (Å²) in [5, 5.41) is 12.0. The van der Waals surface area contributed by atoms with Crippen molar-refractivity contribution in [2.75, 3.05) is 39.4 Å². The lowest BCUT2D eigenvalue weighted by Crippen LogP contribution is -2.42. The molecule has 2 fully saturated rings. The van der Waals surface area contributed by atoms with Crippen LogP contribution in [0.25, 0.3) is 0 Å². The first-order chi connectivity index (χ1) is 10.1. The molecular formula is C15H27ClN2O4. The predicted molar refractivity (Wildman–Crippen MR) is 85.3 cm³/mol. The molecule has 0 bridgehead atoms. The summed E-state index contributed by atoms with van der Waals surface area (Å²) < 4.78 is 5.28. The molecule has 2 aliphatic rings. The molecule has 7 heteroatoms. The van der Waals surface area contributed by atoms with Gasteiger partial charge in [0.15, 0.2) is 0 Å². The van der Waals surface area contributed by atoms with E-state index in [1.807, 2.05) is 0 Å². The summed E-state index contributed by atoms with van der Waals surface area (Å²) in [7, 11) is 0. The van der Waals surface area contributed by atoms with Gasteiger partial charge in [0.25, 0.3) is 0 Å². The Balaban J connectivity index is 0.00000242. The Morgan fingerprint density at radius 1 is 1.14 bits per heavy atom. The van der Waals surface area contributed by atoms with E-state index in [0.717, 1.165) is 58.5 Å². The number of amides is 1. The Morgan fingerprint density at radius 3 is 2.36 bits per heavy atom. The number of ether oxygens (including phenoxy) is 1. The summed E-state index contributed by atoms with van der Waals surface area (Å²) in [4.78, 5) is 25.4. The van der Waals surface area contributed by atoms with Gasteiger partial charge in [-0.15, -0.1) is 12.4 Å². The normalized spacial score (nSPS) is 21.1. The maximum absolute atomic E-state index is 12.1. The summed E-state index contributed by atoms with van der Waals surface area (Å²) in [5.41, 5.74) is -0.311. The molecule has 0 aromatic heterocycles. The molecular weight excluding hydrogens is 308 g/mol. The zero-order chi connectivity index (χ0) is 15.1. The molecule has 6 nitrogen and oxygen atoms in total. The minimum atomic E-state index is -0.794. The molecule has 0 aromatic rings. The number of morpholine rings is 1. The number of carboxylic acids is 1. The van der Waals surface area contributed by atoms with E-state index in [0.29, 0.717) is 13.0 Å². The van der Waals surface area contributed by atoms with Crippen LogP contribution in [0.1, 0.15) is 38.5 Å². The van der Waals surface area contributed by atoms with Gasteiger partial charge in [0.05, 0.1) is 19.6 Å². The van der Waals surface area contributed by atoms with E-state index >= 15 is 0 Å². The molecule has 0 atom stereocenters. The fourth-order valence-electron chi connectivity index (χ4n) is 3.44. The second kappa shape index (κ2) is 9.33. The minimum Gasteiger partial charge on any atom is -0.481 e. The van der Waals surface area contributed by atoms with E-state index in [1.54, 1.807) is 0 Å². The van der Waals surface area contributed by atoms with Gasteiger partial charge in [-0.1, -0.05) is 12.8 Å². The molecule has 0 radical (unpaired) electrons. The summed E-state index contributed by atoms with van der Waals surface area (Å²) in [5.74, 6) is -0.801. The molecule has 128 valence electrons. The van der Waals surface area contributed by atoms with E-state index in [1.165, 1.54) is 0 Å². The van der Waals surface area contributed by atoms with Gasteiger partial charge < -0.3 is 15.2 Å². The lowest BCUT2D eigenvalue weighted by Gasteiger charge is -2.28. The molecule has 22 heavy (non-hydrogen) atoms. The Kier molecular flexibility index (Phi) is 8.14. The van der Waals surface area contributed by atoms with E-state index < -0.39 is 5.97 Å². The molecule has 2 rings (SSSR count). The topological polar surface area (TPSA) is 78.9 Å². The molecule has 1 aliphatic heterocycles. The van der Waals surface area contributed by atoms with Gasteiger partial charge in [-0.05, 0) is 18.3 Å². The number of carboxylic acid groups (broad SMARTS) is 1. The highest BCUT2D eigenvalue weighted by Gasteiger charge is 2.37. The van der Waals surface area contributed by atoms with Crippen LogP contribution in [0.4, 0.5) is 0 Å². The molecule has 1 aliphatic carbocycles. The lowest BCUT2D eigenvalue weighted by atomic mass is 9.79. The van der Waals surface area contributed by atoms with Crippen molar-refractivity contribution in [1.82, 2.24) is 10.2 Å². The van der Waals surface area contributed by atoms with Crippen molar-refractivity contribution in [2.45, 2.75) is 38.5 Å². The number of nitrogens with zero attached hydrogens (tertiary/aromatic N) is 1. The maximum Gasteiger partial charge on any atom is 0.303 e. The molecule has 1 heterocycles. The Bertz CT molecular complexity index is 367. The van der Waals surface area contributed by atoms with Crippen molar-refractivity contribution in [3.8, 4) is 0 Å². The molecule has 1 saturated carbocycles. The summed E-state index contributed by atoms with van der Waals surface area (Å²) in [6.45, 7) is 4.81.